The third-order valence-corrected chi connectivity index (χ3v) is 11.0. The van der Waals surface area contributed by atoms with Crippen LogP contribution in [0.25, 0.3) is 0 Å². The van der Waals surface area contributed by atoms with Crippen LogP contribution in [0.4, 0.5) is 0 Å². The molecule has 40 heavy (non-hydrogen) atoms. The fraction of sp³-hybridized carbons (Fsp3) is 0.821. The number of ether oxygens (including phenoxy) is 4. The van der Waals surface area contributed by atoms with Gasteiger partial charge < -0.3 is 44.5 Å². The van der Waals surface area contributed by atoms with Crippen molar-refractivity contribution in [1.29, 1.82) is 0 Å². The van der Waals surface area contributed by atoms with E-state index in [-0.39, 0.29) is 30.4 Å². The Hall–Kier alpha value is -2.09. The van der Waals surface area contributed by atoms with E-state index in [0.29, 0.717) is 6.42 Å². The van der Waals surface area contributed by atoms with Crippen LogP contribution in [0.2, 0.25) is 0 Å². The van der Waals surface area contributed by atoms with Crippen molar-refractivity contribution in [2.24, 2.45) is 34.5 Å². The van der Waals surface area contributed by atoms with E-state index in [1.165, 1.54) is 20.8 Å². The number of aliphatic hydroxyl groups excluding tert-OH is 4. The Morgan fingerprint density at radius 2 is 1.75 bits per heavy atom. The molecule has 13 unspecified atom stereocenters. The fourth-order valence-electron chi connectivity index (χ4n) is 8.94. The minimum Gasteiger partial charge on any atom is -0.467 e. The molecule has 224 valence electrons. The number of fused-ring (bicyclic) bond motifs is 2. The van der Waals surface area contributed by atoms with E-state index in [2.05, 4.69) is 0 Å². The second kappa shape index (κ2) is 9.20. The highest BCUT2D eigenvalue weighted by Gasteiger charge is 2.85. The number of aliphatic hydroxyl groups is 5. The molecule has 0 aromatic rings. The van der Waals surface area contributed by atoms with Crippen LogP contribution in [0, 0.1) is 34.5 Å². The van der Waals surface area contributed by atoms with Gasteiger partial charge in [0.25, 0.3) is 0 Å². The first kappa shape index (κ1) is 29.4. The first-order chi connectivity index (χ1) is 18.5. The lowest BCUT2D eigenvalue weighted by molar-refractivity contribution is -0.317. The van der Waals surface area contributed by atoms with Gasteiger partial charge in [0.05, 0.1) is 43.5 Å². The Labute approximate surface area is 232 Å². The van der Waals surface area contributed by atoms with Gasteiger partial charge in [-0.15, -0.1) is 0 Å². The normalized spacial score (nSPS) is 49.9. The van der Waals surface area contributed by atoms with E-state index in [1.54, 1.807) is 6.92 Å². The van der Waals surface area contributed by atoms with Crippen molar-refractivity contribution in [3.05, 3.63) is 11.6 Å². The summed E-state index contributed by atoms with van der Waals surface area (Å²) >= 11 is 0. The third-order valence-electron chi connectivity index (χ3n) is 11.0. The molecule has 2 aliphatic heterocycles. The van der Waals surface area contributed by atoms with E-state index in [9.17, 15) is 39.9 Å². The van der Waals surface area contributed by atoms with Gasteiger partial charge in [0.15, 0.2) is 0 Å². The van der Waals surface area contributed by atoms with Crippen LogP contribution in [0.5, 0.6) is 0 Å². The Balaban J connectivity index is 1.69. The summed E-state index contributed by atoms with van der Waals surface area (Å²) in [7, 11) is 1.08. The summed E-state index contributed by atoms with van der Waals surface area (Å²) in [4.78, 5) is 40.0. The average Bonchev–Trinajstić information content (AvgIpc) is 3.17. The molecule has 5 rings (SSSR count). The molecular weight excluding hydrogens is 528 g/mol. The molecule has 0 amide bonds. The summed E-state index contributed by atoms with van der Waals surface area (Å²) in [6, 6.07) is 0. The average molecular weight is 569 g/mol. The highest BCUT2D eigenvalue weighted by molar-refractivity contribution is 5.89. The highest BCUT2D eigenvalue weighted by atomic mass is 16.6. The second-order valence-electron chi connectivity index (χ2n) is 13.2. The standard InChI is InChI=1S/C28H40O12/c1-11-7-14(29)21(32)26(5)13(11)9-15-27-10-38-28(24(35)37-6,22(33)17(31)19(26)27)20(27)18(23(34)39-15)40-16(30)8-12(2)25(3,4)36/h8,11,13-15,17-22,29,31-33,36H,7,9-10H2,1-6H3. The summed E-state index contributed by atoms with van der Waals surface area (Å²) in [5.74, 6) is -5.83. The first-order valence-corrected chi connectivity index (χ1v) is 13.8. The quantitative estimate of drug-likeness (QED) is 0.162. The molecule has 3 aliphatic carbocycles. The largest absolute Gasteiger partial charge is 0.467 e. The lowest BCUT2D eigenvalue weighted by Gasteiger charge is -2.69. The van der Waals surface area contributed by atoms with Crippen LogP contribution >= 0.6 is 0 Å². The lowest BCUT2D eigenvalue weighted by atomic mass is 9.37. The van der Waals surface area contributed by atoms with Crippen LogP contribution in [-0.4, -0.2) is 105 Å². The van der Waals surface area contributed by atoms with Gasteiger partial charge in [-0.3, -0.25) is 0 Å². The minimum atomic E-state index is -2.28. The molecule has 5 N–H and O–H groups in total. The van der Waals surface area contributed by atoms with Gasteiger partial charge in [0, 0.05) is 22.8 Å². The van der Waals surface area contributed by atoms with Crippen molar-refractivity contribution in [3.8, 4) is 0 Å². The van der Waals surface area contributed by atoms with Crippen LogP contribution < -0.4 is 0 Å². The van der Waals surface area contributed by atoms with Crippen LogP contribution in [0.15, 0.2) is 11.6 Å². The number of methoxy groups -OCH3 is 1. The van der Waals surface area contributed by atoms with Crippen molar-refractivity contribution in [2.45, 2.75) is 95.3 Å². The summed E-state index contributed by atoms with van der Waals surface area (Å²) in [5.41, 5.74) is -5.97. The summed E-state index contributed by atoms with van der Waals surface area (Å²) in [6.07, 6.45) is -7.09. The van der Waals surface area contributed by atoms with Crippen molar-refractivity contribution >= 4 is 17.9 Å². The third kappa shape index (κ3) is 3.56. The zero-order valence-electron chi connectivity index (χ0n) is 23.6. The van der Waals surface area contributed by atoms with Gasteiger partial charge in [0.1, 0.15) is 12.2 Å². The van der Waals surface area contributed by atoms with E-state index in [4.69, 9.17) is 18.9 Å². The fourth-order valence-corrected chi connectivity index (χ4v) is 8.94. The molecule has 0 aromatic carbocycles. The smallest absolute Gasteiger partial charge is 0.348 e. The summed E-state index contributed by atoms with van der Waals surface area (Å²) in [6.45, 7) is 7.83. The van der Waals surface area contributed by atoms with Gasteiger partial charge in [-0.25, -0.2) is 14.4 Å². The second-order valence-corrected chi connectivity index (χ2v) is 13.2. The van der Waals surface area contributed by atoms with Gasteiger partial charge in [0.2, 0.25) is 11.7 Å². The zero-order valence-corrected chi connectivity index (χ0v) is 23.6. The molecule has 2 heterocycles. The predicted molar refractivity (Wildman–Crippen MR) is 134 cm³/mol. The predicted octanol–water partition coefficient (Wildman–Crippen LogP) is -0.775. The maximum absolute atomic E-state index is 13.6. The van der Waals surface area contributed by atoms with Gasteiger partial charge in [-0.1, -0.05) is 13.8 Å². The maximum Gasteiger partial charge on any atom is 0.348 e. The van der Waals surface area contributed by atoms with E-state index >= 15 is 0 Å². The van der Waals surface area contributed by atoms with Crippen LogP contribution in [0.1, 0.15) is 47.5 Å². The molecule has 5 fully saturated rings. The van der Waals surface area contributed by atoms with Crippen LogP contribution in [-0.2, 0) is 33.3 Å². The van der Waals surface area contributed by atoms with E-state index in [1.807, 2.05) is 6.92 Å². The molecule has 12 nitrogen and oxygen atoms in total. The lowest BCUT2D eigenvalue weighted by Crippen LogP contribution is -2.81. The molecular formula is C28H40O12. The van der Waals surface area contributed by atoms with E-state index < -0.39 is 88.4 Å². The maximum atomic E-state index is 13.6. The van der Waals surface area contributed by atoms with Crippen molar-refractivity contribution in [2.75, 3.05) is 13.7 Å². The van der Waals surface area contributed by atoms with Crippen molar-refractivity contribution in [1.82, 2.24) is 0 Å². The molecule has 2 bridgehead atoms. The molecule has 2 saturated heterocycles. The Morgan fingerprint density at radius 3 is 2.35 bits per heavy atom. The van der Waals surface area contributed by atoms with Gasteiger partial charge in [-0.2, -0.15) is 0 Å². The Morgan fingerprint density at radius 1 is 1.10 bits per heavy atom. The Kier molecular flexibility index (Phi) is 6.77. The molecule has 0 radical (unpaired) electrons. The number of esters is 3. The van der Waals surface area contributed by atoms with Crippen molar-refractivity contribution < 1.29 is 58.9 Å². The number of carbonyl (C=O) groups excluding carboxylic acids is 3. The minimum absolute atomic E-state index is 0.137. The first-order valence-electron chi connectivity index (χ1n) is 13.8. The SMILES string of the molecule is COC(=O)C12OCC34C(CC5C(C)CC(O)C(O)C5(C)C3C(O)C1O)OC(=O)C(OC(=O)C=C(C)C(C)(C)O)C24. The molecule has 5 aliphatic rings. The molecule has 13 atom stereocenters. The number of carbonyl (C=O) groups is 3. The van der Waals surface area contributed by atoms with Crippen LogP contribution in [0.3, 0.4) is 0 Å². The van der Waals surface area contributed by atoms with Gasteiger partial charge in [-0.05, 0) is 51.0 Å². The summed E-state index contributed by atoms with van der Waals surface area (Å²) in [5, 5.41) is 55.9. The topological polar surface area (TPSA) is 189 Å². The Bertz CT molecular complexity index is 1130. The monoisotopic (exact) mass is 568 g/mol. The molecule has 12 heteroatoms. The molecule has 1 spiro atoms. The number of rotatable bonds is 4. The zero-order chi connectivity index (χ0) is 29.7. The number of hydrogen-bond acceptors (Lipinski definition) is 12. The summed E-state index contributed by atoms with van der Waals surface area (Å²) < 4.78 is 22.6. The van der Waals surface area contributed by atoms with Gasteiger partial charge >= 0.3 is 17.9 Å². The number of hydrogen-bond donors (Lipinski definition) is 5. The van der Waals surface area contributed by atoms with Crippen molar-refractivity contribution in [3.63, 3.8) is 0 Å². The molecule has 0 aromatic heterocycles. The highest BCUT2D eigenvalue weighted by Crippen LogP contribution is 2.73. The molecule has 3 saturated carbocycles. The van der Waals surface area contributed by atoms with E-state index in [0.717, 1.165) is 13.2 Å².